The number of aromatic nitrogens is 4. The first-order valence-corrected chi connectivity index (χ1v) is 8.25. The second kappa shape index (κ2) is 3.85. The molecule has 2 heterocycles. The Morgan fingerprint density at radius 1 is 1.19 bits per heavy atom. The maximum absolute atomic E-state index is 11.5. The van der Waals surface area contributed by atoms with Gasteiger partial charge in [-0.05, 0) is 68.5 Å². The molecule has 2 aromatic rings. The molecule has 2 aromatic heterocycles. The predicted molar refractivity (Wildman–Crippen MR) is 80.8 cm³/mol. The molecule has 110 valence electrons. The Bertz CT molecular complexity index is 810. The van der Waals surface area contributed by atoms with Gasteiger partial charge in [-0.15, -0.1) is 0 Å². The van der Waals surface area contributed by atoms with Crippen LogP contribution >= 0.6 is 12.2 Å². The molecule has 0 saturated heterocycles. The Hall–Kier alpha value is -1.43. The number of hydrogen-bond acceptors (Lipinski definition) is 3. The van der Waals surface area contributed by atoms with Gasteiger partial charge in [0.15, 0.2) is 0 Å². The van der Waals surface area contributed by atoms with Crippen LogP contribution < -0.4 is 5.56 Å². The van der Waals surface area contributed by atoms with Crippen molar-refractivity contribution in [1.82, 2.24) is 19.6 Å². The van der Waals surface area contributed by atoms with Crippen molar-refractivity contribution in [2.45, 2.75) is 43.9 Å². The molecule has 4 saturated carbocycles. The van der Waals surface area contributed by atoms with E-state index in [-0.39, 0.29) is 11.0 Å². The van der Waals surface area contributed by atoms with Crippen LogP contribution in [0.5, 0.6) is 0 Å². The van der Waals surface area contributed by atoms with Gasteiger partial charge in [-0.2, -0.15) is 0 Å². The van der Waals surface area contributed by atoms with Crippen LogP contribution in [0.2, 0.25) is 0 Å². The maximum atomic E-state index is 11.5. The highest BCUT2D eigenvalue weighted by Gasteiger charge is 2.52. The third-order valence-corrected chi connectivity index (χ3v) is 6.19. The Morgan fingerprint density at radius 2 is 1.81 bits per heavy atom. The normalized spacial score (nSPS) is 37.4. The number of H-pyrrole nitrogens is 2. The van der Waals surface area contributed by atoms with Gasteiger partial charge < -0.3 is 4.98 Å². The predicted octanol–water partition coefficient (Wildman–Crippen LogP) is 2.55. The van der Waals surface area contributed by atoms with E-state index in [0.29, 0.717) is 4.77 Å². The van der Waals surface area contributed by atoms with Gasteiger partial charge in [0, 0.05) is 11.5 Å². The summed E-state index contributed by atoms with van der Waals surface area (Å²) in [4.78, 5) is 19.6. The lowest BCUT2D eigenvalue weighted by molar-refractivity contribution is -0.00943. The topological polar surface area (TPSA) is 65.9 Å². The molecule has 5 nitrogen and oxygen atoms in total. The Labute approximate surface area is 126 Å². The summed E-state index contributed by atoms with van der Waals surface area (Å²) < 4.78 is 2.03. The van der Waals surface area contributed by atoms with E-state index in [1.807, 2.05) is 0 Å². The number of aromatic amines is 2. The van der Waals surface area contributed by atoms with Crippen LogP contribution in [0.25, 0.3) is 5.65 Å². The summed E-state index contributed by atoms with van der Waals surface area (Å²) in [6.07, 6.45) is 7.94. The van der Waals surface area contributed by atoms with Crippen molar-refractivity contribution in [3.63, 3.8) is 0 Å². The highest BCUT2D eigenvalue weighted by atomic mass is 32.1. The first-order valence-electron chi connectivity index (χ1n) is 7.84. The van der Waals surface area contributed by atoms with Crippen LogP contribution in [-0.2, 0) is 5.41 Å². The minimum absolute atomic E-state index is 0.137. The molecule has 0 amide bonds. The van der Waals surface area contributed by atoms with Crippen molar-refractivity contribution >= 4 is 17.9 Å². The molecule has 0 aromatic carbocycles. The fourth-order valence-electron chi connectivity index (χ4n) is 5.58. The van der Waals surface area contributed by atoms with Gasteiger partial charge in [-0.3, -0.25) is 9.89 Å². The standard InChI is InChI=1S/C15H18N4OS/c20-12-4-11-16-13(17-14(21)19(11)18-12)15-5-8-1-9(6-15)3-10(2-8)7-15/h4,8-10H,1-3,5-7H2,(H,18,20)(H,16,17,21). The zero-order chi connectivity index (χ0) is 14.2. The molecule has 4 fully saturated rings. The Kier molecular flexibility index (Phi) is 2.23. The largest absolute Gasteiger partial charge is 0.328 e. The average molecular weight is 302 g/mol. The fourth-order valence-corrected chi connectivity index (χ4v) is 5.82. The third-order valence-electron chi connectivity index (χ3n) is 5.92. The molecule has 6 heteroatoms. The lowest BCUT2D eigenvalue weighted by atomic mass is 9.49. The van der Waals surface area contributed by atoms with Crippen LogP contribution in [-0.4, -0.2) is 19.6 Å². The van der Waals surface area contributed by atoms with Gasteiger partial charge in [-0.25, -0.2) is 9.50 Å². The van der Waals surface area contributed by atoms with Gasteiger partial charge in [-0.1, -0.05) is 0 Å². The van der Waals surface area contributed by atoms with Crippen molar-refractivity contribution in [2.24, 2.45) is 17.8 Å². The average Bonchev–Trinajstić information content (AvgIpc) is 2.78. The van der Waals surface area contributed by atoms with Crippen molar-refractivity contribution in [3.8, 4) is 0 Å². The summed E-state index contributed by atoms with van der Waals surface area (Å²) in [6, 6.07) is 1.57. The van der Waals surface area contributed by atoms with E-state index in [1.54, 1.807) is 10.6 Å². The van der Waals surface area contributed by atoms with E-state index in [4.69, 9.17) is 12.2 Å². The molecule has 4 aliphatic carbocycles. The number of hydrogen-bond donors (Lipinski definition) is 2. The summed E-state index contributed by atoms with van der Waals surface area (Å²) in [5.41, 5.74) is 0.782. The van der Waals surface area contributed by atoms with Gasteiger partial charge in [0.05, 0.1) is 0 Å². The van der Waals surface area contributed by atoms with Crippen molar-refractivity contribution in [1.29, 1.82) is 0 Å². The molecule has 4 bridgehead atoms. The van der Waals surface area contributed by atoms with E-state index in [0.717, 1.165) is 29.2 Å². The lowest BCUT2D eigenvalue weighted by Gasteiger charge is -2.56. The number of nitrogens with one attached hydrogen (secondary N) is 2. The fraction of sp³-hybridized carbons (Fsp3) is 0.667. The van der Waals surface area contributed by atoms with Crippen LogP contribution in [0.1, 0.15) is 44.3 Å². The minimum atomic E-state index is -0.137. The molecule has 0 aliphatic heterocycles. The zero-order valence-electron chi connectivity index (χ0n) is 11.8. The van der Waals surface area contributed by atoms with Crippen LogP contribution in [0.3, 0.4) is 0 Å². The summed E-state index contributed by atoms with van der Waals surface area (Å²) in [7, 11) is 0. The van der Waals surface area contributed by atoms with E-state index in [9.17, 15) is 4.79 Å². The molecular formula is C15H18N4OS. The molecule has 0 atom stereocenters. The summed E-state index contributed by atoms with van der Waals surface area (Å²) >= 11 is 5.37. The second-order valence-electron chi connectivity index (χ2n) is 7.41. The van der Waals surface area contributed by atoms with Crippen molar-refractivity contribution in [3.05, 3.63) is 27.0 Å². The van der Waals surface area contributed by atoms with E-state index >= 15 is 0 Å². The lowest BCUT2D eigenvalue weighted by Crippen LogP contribution is -2.49. The van der Waals surface area contributed by atoms with E-state index in [1.165, 1.54) is 38.5 Å². The summed E-state index contributed by atoms with van der Waals surface area (Å²) in [6.45, 7) is 0. The minimum Gasteiger partial charge on any atom is -0.328 e. The number of fused-ring (bicyclic) bond motifs is 1. The first-order chi connectivity index (χ1) is 10.1. The van der Waals surface area contributed by atoms with Crippen LogP contribution in [0.4, 0.5) is 0 Å². The van der Waals surface area contributed by atoms with Gasteiger partial charge >= 0.3 is 0 Å². The van der Waals surface area contributed by atoms with Crippen LogP contribution in [0.15, 0.2) is 10.9 Å². The maximum Gasteiger partial charge on any atom is 0.266 e. The van der Waals surface area contributed by atoms with Gasteiger partial charge in [0.1, 0.15) is 11.5 Å². The highest BCUT2D eigenvalue weighted by Crippen LogP contribution is 2.60. The molecule has 4 aliphatic rings. The SMILES string of the molecule is O=c1cc2[nH]c(C34CC5CC(CC(C5)C3)C4)nc(=S)n2[nH]1. The van der Waals surface area contributed by atoms with E-state index in [2.05, 4.69) is 15.1 Å². The Balaban J connectivity index is 1.70. The second-order valence-corrected chi connectivity index (χ2v) is 7.77. The molecule has 0 radical (unpaired) electrons. The summed E-state index contributed by atoms with van der Waals surface area (Å²) in [5, 5.41) is 2.69. The number of rotatable bonds is 1. The van der Waals surface area contributed by atoms with E-state index < -0.39 is 0 Å². The van der Waals surface area contributed by atoms with Crippen LogP contribution in [0, 0.1) is 22.5 Å². The number of nitrogens with zero attached hydrogens (tertiary/aromatic N) is 2. The molecular weight excluding hydrogens is 284 g/mol. The third kappa shape index (κ3) is 1.65. The molecule has 6 rings (SSSR count). The smallest absolute Gasteiger partial charge is 0.266 e. The van der Waals surface area contributed by atoms with Gasteiger partial charge in [0.2, 0.25) is 4.77 Å². The molecule has 21 heavy (non-hydrogen) atoms. The van der Waals surface area contributed by atoms with Gasteiger partial charge in [0.25, 0.3) is 5.56 Å². The van der Waals surface area contributed by atoms with Crippen molar-refractivity contribution in [2.75, 3.05) is 0 Å². The summed E-state index contributed by atoms with van der Waals surface area (Å²) in [5.74, 6) is 3.62. The Morgan fingerprint density at radius 3 is 2.43 bits per heavy atom. The zero-order valence-corrected chi connectivity index (χ0v) is 12.6. The monoisotopic (exact) mass is 302 g/mol. The van der Waals surface area contributed by atoms with Crippen molar-refractivity contribution < 1.29 is 0 Å². The first kappa shape index (κ1) is 12.1. The molecule has 2 N–H and O–H groups in total. The molecule has 0 unspecified atom stereocenters. The molecule has 0 spiro atoms. The quantitative estimate of drug-likeness (QED) is 0.796. The highest BCUT2D eigenvalue weighted by molar-refractivity contribution is 7.71.